The molecule has 0 radical (unpaired) electrons. The van der Waals surface area contributed by atoms with Crippen molar-refractivity contribution in [2.24, 2.45) is 11.8 Å². The van der Waals surface area contributed by atoms with E-state index in [1.54, 1.807) is 0 Å². The molecule has 0 bridgehead atoms. The lowest BCUT2D eigenvalue weighted by molar-refractivity contribution is -0.125. The fourth-order valence-corrected chi connectivity index (χ4v) is 3.00. The molecule has 2 heterocycles. The van der Waals surface area contributed by atoms with E-state index in [9.17, 15) is 4.79 Å². The Morgan fingerprint density at radius 2 is 2.12 bits per heavy atom. The van der Waals surface area contributed by atoms with Gasteiger partial charge in [0.15, 0.2) is 0 Å². The molecule has 2 atom stereocenters. The largest absolute Gasteiger partial charge is 0.301 e. The van der Waals surface area contributed by atoms with Gasteiger partial charge >= 0.3 is 0 Å². The van der Waals surface area contributed by atoms with Gasteiger partial charge in [-0.05, 0) is 38.9 Å². The third-order valence-corrected chi connectivity index (χ3v) is 4.03. The van der Waals surface area contributed by atoms with Gasteiger partial charge in [0.05, 0.1) is 0 Å². The van der Waals surface area contributed by atoms with Gasteiger partial charge in [-0.1, -0.05) is 6.92 Å². The quantitative estimate of drug-likeness (QED) is 0.405. The lowest BCUT2D eigenvalue weighted by atomic mass is 10.1. The number of nitrogens with two attached hydrogens (primary N) is 1. The molecule has 0 saturated carbocycles. The molecule has 1 amide bonds. The second-order valence-corrected chi connectivity index (χ2v) is 5.35. The summed E-state index contributed by atoms with van der Waals surface area (Å²) in [5, 5.41) is 0. The first kappa shape index (κ1) is 12.8. The maximum absolute atomic E-state index is 11.4. The molecule has 0 spiro atoms. The Kier molecular flexibility index (Phi) is 4.36. The van der Waals surface area contributed by atoms with Crippen molar-refractivity contribution in [1.82, 2.24) is 15.2 Å². The second kappa shape index (κ2) is 5.80. The number of hydrazine groups is 1. The fourth-order valence-electron chi connectivity index (χ4n) is 3.00. The molecular weight excluding hydrogens is 216 g/mol. The molecule has 3 N–H and O–H groups in total. The van der Waals surface area contributed by atoms with Crippen LogP contribution in [0.4, 0.5) is 0 Å². The molecule has 0 aromatic rings. The van der Waals surface area contributed by atoms with Crippen molar-refractivity contribution >= 4 is 5.91 Å². The minimum Gasteiger partial charge on any atom is -0.301 e. The SMILES string of the molecule is CC(CN1CCC(N2CCCC2)C1)C(=O)NN. The van der Waals surface area contributed by atoms with Gasteiger partial charge in [-0.25, -0.2) is 5.84 Å². The Morgan fingerprint density at radius 3 is 2.76 bits per heavy atom. The summed E-state index contributed by atoms with van der Waals surface area (Å²) in [7, 11) is 0. The van der Waals surface area contributed by atoms with Gasteiger partial charge in [-0.2, -0.15) is 0 Å². The van der Waals surface area contributed by atoms with Crippen molar-refractivity contribution in [1.29, 1.82) is 0 Å². The van der Waals surface area contributed by atoms with E-state index >= 15 is 0 Å². The van der Waals surface area contributed by atoms with E-state index in [1.807, 2.05) is 6.92 Å². The Labute approximate surface area is 103 Å². The highest BCUT2D eigenvalue weighted by atomic mass is 16.2. The lowest BCUT2D eigenvalue weighted by Crippen LogP contribution is -2.41. The third kappa shape index (κ3) is 3.18. The van der Waals surface area contributed by atoms with E-state index in [0.717, 1.165) is 19.6 Å². The maximum atomic E-state index is 11.4. The van der Waals surface area contributed by atoms with E-state index in [-0.39, 0.29) is 11.8 Å². The van der Waals surface area contributed by atoms with Gasteiger partial charge < -0.3 is 4.90 Å². The monoisotopic (exact) mass is 240 g/mol. The number of hydrogen-bond donors (Lipinski definition) is 2. The van der Waals surface area contributed by atoms with Gasteiger partial charge in [0, 0.05) is 25.0 Å². The van der Waals surface area contributed by atoms with Gasteiger partial charge in [0.1, 0.15) is 0 Å². The molecule has 2 saturated heterocycles. The van der Waals surface area contributed by atoms with Crippen molar-refractivity contribution in [2.45, 2.75) is 32.2 Å². The molecule has 0 aromatic carbocycles. The molecule has 0 aliphatic carbocycles. The summed E-state index contributed by atoms with van der Waals surface area (Å²) < 4.78 is 0. The number of rotatable bonds is 4. The summed E-state index contributed by atoms with van der Waals surface area (Å²) in [6.45, 7) is 7.51. The summed E-state index contributed by atoms with van der Waals surface area (Å²) in [5.41, 5.74) is 2.23. The Balaban J connectivity index is 1.75. The number of nitrogens with one attached hydrogen (secondary N) is 1. The zero-order valence-corrected chi connectivity index (χ0v) is 10.7. The van der Waals surface area contributed by atoms with Gasteiger partial charge in [0.25, 0.3) is 0 Å². The summed E-state index contributed by atoms with van der Waals surface area (Å²) in [6.07, 6.45) is 3.95. The van der Waals surface area contributed by atoms with Crippen LogP contribution in [0.2, 0.25) is 0 Å². The van der Waals surface area contributed by atoms with Crippen LogP contribution in [0.5, 0.6) is 0 Å². The summed E-state index contributed by atoms with van der Waals surface area (Å²) in [6, 6.07) is 0.714. The molecular formula is C12H24N4O. The highest BCUT2D eigenvalue weighted by molar-refractivity contribution is 5.77. The van der Waals surface area contributed by atoms with Crippen LogP contribution in [-0.2, 0) is 4.79 Å². The molecule has 0 aromatic heterocycles. The maximum Gasteiger partial charge on any atom is 0.237 e. The fraction of sp³-hybridized carbons (Fsp3) is 0.917. The third-order valence-electron chi connectivity index (χ3n) is 4.03. The van der Waals surface area contributed by atoms with Crippen LogP contribution in [0.1, 0.15) is 26.2 Å². The van der Waals surface area contributed by atoms with E-state index in [0.29, 0.717) is 6.04 Å². The summed E-state index contributed by atoms with van der Waals surface area (Å²) in [5.74, 6) is 5.07. The second-order valence-electron chi connectivity index (χ2n) is 5.35. The predicted molar refractivity (Wildman–Crippen MR) is 67.1 cm³/mol. The van der Waals surface area contributed by atoms with Crippen molar-refractivity contribution < 1.29 is 4.79 Å². The van der Waals surface area contributed by atoms with E-state index in [4.69, 9.17) is 5.84 Å². The number of likely N-dealkylation sites (tertiary alicyclic amines) is 2. The average Bonchev–Trinajstić information content (AvgIpc) is 2.97. The van der Waals surface area contributed by atoms with Crippen LogP contribution in [-0.4, -0.2) is 54.5 Å². The van der Waals surface area contributed by atoms with Crippen LogP contribution in [0, 0.1) is 5.92 Å². The molecule has 2 aliphatic heterocycles. The highest BCUT2D eigenvalue weighted by Crippen LogP contribution is 2.20. The first-order valence-electron chi connectivity index (χ1n) is 6.67. The normalized spacial score (nSPS) is 28.5. The first-order valence-corrected chi connectivity index (χ1v) is 6.67. The Morgan fingerprint density at radius 1 is 1.41 bits per heavy atom. The molecule has 2 aliphatic rings. The molecule has 2 unspecified atom stereocenters. The molecule has 17 heavy (non-hydrogen) atoms. The smallest absolute Gasteiger partial charge is 0.237 e. The number of nitrogens with zero attached hydrogens (tertiary/aromatic N) is 2. The Bertz CT molecular complexity index is 265. The van der Waals surface area contributed by atoms with Crippen LogP contribution >= 0.6 is 0 Å². The van der Waals surface area contributed by atoms with Gasteiger partial charge in [-0.3, -0.25) is 15.1 Å². The van der Waals surface area contributed by atoms with E-state index in [2.05, 4.69) is 15.2 Å². The van der Waals surface area contributed by atoms with E-state index in [1.165, 1.54) is 32.4 Å². The lowest BCUT2D eigenvalue weighted by Gasteiger charge is -2.24. The first-order chi connectivity index (χ1) is 8.20. The van der Waals surface area contributed by atoms with Crippen LogP contribution < -0.4 is 11.3 Å². The van der Waals surface area contributed by atoms with Crippen LogP contribution in [0.15, 0.2) is 0 Å². The molecule has 98 valence electrons. The highest BCUT2D eigenvalue weighted by Gasteiger charge is 2.30. The van der Waals surface area contributed by atoms with Crippen LogP contribution in [0.3, 0.4) is 0 Å². The van der Waals surface area contributed by atoms with Crippen molar-refractivity contribution in [3.8, 4) is 0 Å². The minimum atomic E-state index is -0.0605. The van der Waals surface area contributed by atoms with E-state index < -0.39 is 0 Å². The molecule has 5 heteroatoms. The Hall–Kier alpha value is -0.650. The number of carbonyl (C=O) groups is 1. The molecule has 2 fully saturated rings. The average molecular weight is 240 g/mol. The van der Waals surface area contributed by atoms with Crippen molar-refractivity contribution in [2.75, 3.05) is 32.7 Å². The number of hydrogen-bond acceptors (Lipinski definition) is 4. The minimum absolute atomic E-state index is 0.0164. The molecule has 5 nitrogen and oxygen atoms in total. The van der Waals surface area contributed by atoms with Crippen molar-refractivity contribution in [3.05, 3.63) is 0 Å². The zero-order chi connectivity index (χ0) is 12.3. The van der Waals surface area contributed by atoms with Crippen molar-refractivity contribution in [3.63, 3.8) is 0 Å². The van der Waals surface area contributed by atoms with Gasteiger partial charge in [-0.15, -0.1) is 0 Å². The topological polar surface area (TPSA) is 61.6 Å². The zero-order valence-electron chi connectivity index (χ0n) is 10.7. The number of amides is 1. The number of carbonyl (C=O) groups excluding carboxylic acids is 1. The van der Waals surface area contributed by atoms with Crippen LogP contribution in [0.25, 0.3) is 0 Å². The summed E-state index contributed by atoms with van der Waals surface area (Å²) >= 11 is 0. The standard InChI is InChI=1S/C12H24N4O/c1-10(12(17)14-13)8-15-7-4-11(9-15)16-5-2-3-6-16/h10-11H,2-9,13H2,1H3,(H,14,17). The van der Waals surface area contributed by atoms with Gasteiger partial charge in [0.2, 0.25) is 5.91 Å². The summed E-state index contributed by atoms with van der Waals surface area (Å²) in [4.78, 5) is 16.4. The molecule has 2 rings (SSSR count). The predicted octanol–water partition coefficient (Wildman–Crippen LogP) is -0.217.